The van der Waals surface area contributed by atoms with Crippen molar-refractivity contribution in [3.63, 3.8) is 0 Å². The first-order valence-electron chi connectivity index (χ1n) is 9.21. The summed E-state index contributed by atoms with van der Waals surface area (Å²) in [5.74, 6) is -0.839. The zero-order valence-corrected chi connectivity index (χ0v) is 17.5. The van der Waals surface area contributed by atoms with Gasteiger partial charge in [-0.05, 0) is 44.9 Å². The molecule has 0 saturated carbocycles. The third-order valence-corrected chi connectivity index (χ3v) is 8.78. The molecule has 1 aliphatic rings. The van der Waals surface area contributed by atoms with Gasteiger partial charge in [-0.3, -0.25) is 4.99 Å². The molecule has 0 amide bonds. The van der Waals surface area contributed by atoms with Gasteiger partial charge < -0.3 is 5.73 Å². The van der Waals surface area contributed by atoms with Crippen LogP contribution in [0.2, 0.25) is 0 Å². The van der Waals surface area contributed by atoms with Crippen LogP contribution in [0.5, 0.6) is 0 Å². The highest BCUT2D eigenvalue weighted by Gasteiger charge is 2.56. The maximum Gasteiger partial charge on any atom is 0.416 e. The number of hydrogen-bond acceptors (Lipinski definition) is 4. The van der Waals surface area contributed by atoms with Crippen LogP contribution < -0.4 is 5.73 Å². The molecule has 2 N–H and O–H groups in total. The summed E-state index contributed by atoms with van der Waals surface area (Å²) < 4.78 is 79.6. The third kappa shape index (κ3) is 3.49. The van der Waals surface area contributed by atoms with E-state index >= 15 is 0 Å². The molecule has 1 aliphatic heterocycles. The summed E-state index contributed by atoms with van der Waals surface area (Å²) in [6, 6.07) is 10.1. The topological polar surface area (TPSA) is 72.5 Å². The first-order valence-corrected chi connectivity index (χ1v) is 10.8. The summed E-state index contributed by atoms with van der Waals surface area (Å²) in [6.07, 6.45) is -4.85. The highest BCUT2D eigenvalue weighted by molar-refractivity contribution is 7.94. The number of benzene rings is 2. The van der Waals surface area contributed by atoms with E-state index in [2.05, 4.69) is 4.99 Å². The van der Waals surface area contributed by atoms with Crippen molar-refractivity contribution in [1.29, 1.82) is 0 Å². The van der Waals surface area contributed by atoms with Gasteiger partial charge in [-0.1, -0.05) is 36.4 Å². The average Bonchev–Trinajstić information content (AvgIpc) is 2.64. The predicted octanol–water partition coefficient (Wildman–Crippen LogP) is 4.24. The van der Waals surface area contributed by atoms with Crippen molar-refractivity contribution in [2.75, 3.05) is 0 Å². The minimum Gasteiger partial charge on any atom is -0.386 e. The summed E-state index contributed by atoms with van der Waals surface area (Å²) in [7, 11) is -4.07. The van der Waals surface area contributed by atoms with E-state index in [1.807, 2.05) is 0 Å². The summed E-state index contributed by atoms with van der Waals surface area (Å²) in [5.41, 5.74) is 3.67. The van der Waals surface area contributed by atoms with Gasteiger partial charge in [-0.2, -0.15) is 13.2 Å². The fourth-order valence-corrected chi connectivity index (χ4v) is 6.01. The Kier molecular flexibility index (Phi) is 5.25. The van der Waals surface area contributed by atoms with Crippen molar-refractivity contribution >= 4 is 15.7 Å². The van der Waals surface area contributed by atoms with Crippen LogP contribution in [0.1, 0.15) is 37.5 Å². The Morgan fingerprint density at radius 3 is 2.30 bits per heavy atom. The van der Waals surface area contributed by atoms with E-state index < -0.39 is 42.9 Å². The number of halogens is 4. The molecule has 2 atom stereocenters. The molecule has 1 heterocycles. The molecule has 0 spiro atoms. The molecule has 2 aromatic rings. The van der Waals surface area contributed by atoms with E-state index in [-0.39, 0.29) is 23.4 Å². The number of nitrogens with two attached hydrogens (primary N) is 1. The van der Waals surface area contributed by atoms with Crippen LogP contribution in [-0.4, -0.2) is 24.3 Å². The molecule has 0 saturated heterocycles. The Balaban J connectivity index is 2.22. The Morgan fingerprint density at radius 1 is 1.07 bits per heavy atom. The van der Waals surface area contributed by atoms with Crippen LogP contribution in [0.4, 0.5) is 17.6 Å². The van der Waals surface area contributed by atoms with E-state index in [1.54, 1.807) is 6.07 Å². The minimum atomic E-state index is -4.57. The van der Waals surface area contributed by atoms with Crippen molar-refractivity contribution in [2.45, 2.75) is 48.9 Å². The molecule has 30 heavy (non-hydrogen) atoms. The number of amidine groups is 1. The SMILES string of the molecule is CC1(c2ccccc2F)N=C(N)C(C)(C)S(=O)(=O)C1Cc1cccc(C(F)(F)F)c1. The van der Waals surface area contributed by atoms with Crippen LogP contribution in [0, 0.1) is 5.82 Å². The van der Waals surface area contributed by atoms with Crippen LogP contribution in [0.15, 0.2) is 53.5 Å². The maximum absolute atomic E-state index is 14.7. The Labute approximate surface area is 172 Å². The number of aliphatic imine (C=N–C) groups is 1. The quantitative estimate of drug-likeness (QED) is 0.723. The zero-order valence-electron chi connectivity index (χ0n) is 16.7. The molecule has 0 fully saturated rings. The summed E-state index contributed by atoms with van der Waals surface area (Å²) in [4.78, 5) is 4.40. The molecule has 0 radical (unpaired) electrons. The van der Waals surface area contributed by atoms with Gasteiger partial charge in [0.05, 0.1) is 10.8 Å². The largest absolute Gasteiger partial charge is 0.416 e. The van der Waals surface area contributed by atoms with Crippen molar-refractivity contribution < 1.29 is 26.0 Å². The average molecular weight is 442 g/mol. The molecule has 0 bridgehead atoms. The fourth-order valence-electron chi connectivity index (χ4n) is 3.76. The van der Waals surface area contributed by atoms with Crippen LogP contribution in [0.25, 0.3) is 0 Å². The Morgan fingerprint density at radius 2 is 1.70 bits per heavy atom. The maximum atomic E-state index is 14.7. The molecule has 9 heteroatoms. The molecule has 2 aromatic carbocycles. The van der Waals surface area contributed by atoms with E-state index in [0.717, 1.165) is 12.1 Å². The lowest BCUT2D eigenvalue weighted by Gasteiger charge is -2.44. The van der Waals surface area contributed by atoms with Gasteiger partial charge in [0.15, 0.2) is 9.84 Å². The highest BCUT2D eigenvalue weighted by atomic mass is 32.2. The lowest BCUT2D eigenvalue weighted by Crippen LogP contribution is -2.60. The second kappa shape index (κ2) is 7.08. The number of alkyl halides is 3. The van der Waals surface area contributed by atoms with Crippen LogP contribution in [-0.2, 0) is 28.0 Å². The standard InChI is InChI=1S/C21H22F4N2O2S/c1-19(2)18(26)27-20(3,15-9-4-5-10-16(15)22)17(30(19,28)29)12-13-7-6-8-14(11-13)21(23,24)25/h4-11,17H,12H2,1-3H3,(H2,26,27). The normalized spacial score (nSPS) is 25.6. The number of nitrogens with zero attached hydrogens (tertiary/aromatic N) is 1. The summed E-state index contributed by atoms with van der Waals surface area (Å²) in [6.45, 7) is 4.23. The van der Waals surface area contributed by atoms with Crippen LogP contribution in [0.3, 0.4) is 0 Å². The van der Waals surface area contributed by atoms with Crippen molar-refractivity contribution in [3.05, 3.63) is 71.0 Å². The Bertz CT molecular complexity index is 1110. The highest BCUT2D eigenvalue weighted by Crippen LogP contribution is 2.44. The van der Waals surface area contributed by atoms with E-state index in [0.29, 0.717) is 0 Å². The lowest BCUT2D eigenvalue weighted by atomic mass is 9.84. The molecule has 4 nitrogen and oxygen atoms in total. The fraction of sp³-hybridized carbons (Fsp3) is 0.381. The first kappa shape index (κ1) is 22.3. The van der Waals surface area contributed by atoms with Crippen molar-refractivity contribution in [1.82, 2.24) is 0 Å². The first-order chi connectivity index (χ1) is 13.7. The second-order valence-corrected chi connectivity index (χ2v) is 10.8. The van der Waals surface area contributed by atoms with Crippen molar-refractivity contribution in [2.24, 2.45) is 10.7 Å². The lowest BCUT2D eigenvalue weighted by molar-refractivity contribution is -0.137. The summed E-state index contributed by atoms with van der Waals surface area (Å²) in [5, 5.41) is -1.33. The minimum absolute atomic E-state index is 0.0176. The van der Waals surface area contributed by atoms with Gasteiger partial charge in [0, 0.05) is 5.56 Å². The van der Waals surface area contributed by atoms with E-state index in [9.17, 15) is 26.0 Å². The molecule has 2 unspecified atom stereocenters. The molecular formula is C21H22F4N2O2S. The molecule has 3 rings (SSSR count). The van der Waals surface area contributed by atoms with Crippen LogP contribution >= 0.6 is 0 Å². The number of rotatable bonds is 3. The molecular weight excluding hydrogens is 420 g/mol. The van der Waals surface area contributed by atoms with Crippen molar-refractivity contribution in [3.8, 4) is 0 Å². The molecule has 0 aliphatic carbocycles. The third-order valence-electron chi connectivity index (χ3n) is 5.78. The number of hydrogen-bond donors (Lipinski definition) is 1. The van der Waals surface area contributed by atoms with Gasteiger partial charge in [0.25, 0.3) is 0 Å². The van der Waals surface area contributed by atoms with Gasteiger partial charge >= 0.3 is 6.18 Å². The molecule has 0 aromatic heterocycles. The number of sulfone groups is 1. The zero-order chi connectivity index (χ0) is 22.5. The van der Waals surface area contributed by atoms with Gasteiger partial charge in [-0.15, -0.1) is 0 Å². The van der Waals surface area contributed by atoms with E-state index in [4.69, 9.17) is 5.73 Å². The summed E-state index contributed by atoms with van der Waals surface area (Å²) >= 11 is 0. The Hall–Kier alpha value is -2.42. The van der Waals surface area contributed by atoms with Gasteiger partial charge in [-0.25, -0.2) is 12.8 Å². The smallest absolute Gasteiger partial charge is 0.386 e. The predicted molar refractivity (Wildman–Crippen MR) is 107 cm³/mol. The second-order valence-electron chi connectivity index (χ2n) is 8.07. The van der Waals surface area contributed by atoms with E-state index in [1.165, 1.54) is 51.1 Å². The monoisotopic (exact) mass is 442 g/mol. The van der Waals surface area contributed by atoms with Gasteiger partial charge in [0.1, 0.15) is 21.9 Å². The van der Waals surface area contributed by atoms with Gasteiger partial charge in [0.2, 0.25) is 0 Å². The molecule has 162 valence electrons.